The molecule has 0 aliphatic rings. The summed E-state index contributed by atoms with van der Waals surface area (Å²) < 4.78 is 5.62. The standard InChI is InChI=1S/C19H19N3O2S/c1-12-5-4-6-15(9-12)18-21-22-19(24-18)25-11-17(23)20-16-8-7-13(2)14(3)10-16/h4-10H,11H2,1-3H3,(H,20,23). The molecule has 0 saturated heterocycles. The van der Waals surface area contributed by atoms with Gasteiger partial charge in [-0.15, -0.1) is 10.2 Å². The largest absolute Gasteiger partial charge is 0.411 e. The van der Waals surface area contributed by atoms with Gasteiger partial charge in [0.15, 0.2) is 0 Å². The predicted octanol–water partition coefficient (Wildman–Crippen LogP) is 4.39. The number of rotatable bonds is 5. The summed E-state index contributed by atoms with van der Waals surface area (Å²) in [5, 5.41) is 11.3. The molecule has 1 aromatic heterocycles. The summed E-state index contributed by atoms with van der Waals surface area (Å²) in [6.07, 6.45) is 0. The summed E-state index contributed by atoms with van der Waals surface area (Å²) in [5.41, 5.74) is 5.13. The second kappa shape index (κ2) is 7.53. The third-order valence-corrected chi connectivity index (χ3v) is 4.61. The van der Waals surface area contributed by atoms with E-state index in [1.165, 1.54) is 17.3 Å². The third kappa shape index (κ3) is 4.48. The van der Waals surface area contributed by atoms with Crippen LogP contribution in [0.1, 0.15) is 16.7 Å². The molecule has 0 atom stereocenters. The first-order valence-electron chi connectivity index (χ1n) is 7.92. The summed E-state index contributed by atoms with van der Waals surface area (Å²) in [5.74, 6) is 0.562. The van der Waals surface area contributed by atoms with Gasteiger partial charge in [0, 0.05) is 11.3 Å². The van der Waals surface area contributed by atoms with Crippen molar-refractivity contribution in [2.45, 2.75) is 26.0 Å². The first kappa shape index (κ1) is 17.2. The van der Waals surface area contributed by atoms with Gasteiger partial charge in [0.1, 0.15) is 0 Å². The maximum Gasteiger partial charge on any atom is 0.277 e. The van der Waals surface area contributed by atoms with E-state index in [4.69, 9.17) is 4.42 Å². The Kier molecular flexibility index (Phi) is 5.19. The molecule has 3 rings (SSSR count). The fourth-order valence-electron chi connectivity index (χ4n) is 2.31. The summed E-state index contributed by atoms with van der Waals surface area (Å²) >= 11 is 1.22. The van der Waals surface area contributed by atoms with Crippen molar-refractivity contribution in [1.29, 1.82) is 0 Å². The highest BCUT2D eigenvalue weighted by Gasteiger charge is 2.11. The number of nitrogens with zero attached hydrogens (tertiary/aromatic N) is 2. The minimum Gasteiger partial charge on any atom is -0.411 e. The van der Waals surface area contributed by atoms with Crippen LogP contribution in [-0.4, -0.2) is 21.9 Å². The van der Waals surface area contributed by atoms with Crippen molar-refractivity contribution in [2.75, 3.05) is 11.1 Å². The van der Waals surface area contributed by atoms with Crippen molar-refractivity contribution >= 4 is 23.4 Å². The van der Waals surface area contributed by atoms with Crippen molar-refractivity contribution in [2.24, 2.45) is 0 Å². The number of carbonyl (C=O) groups is 1. The number of benzene rings is 2. The maximum absolute atomic E-state index is 12.1. The molecule has 0 bridgehead atoms. The van der Waals surface area contributed by atoms with Crippen LogP contribution in [0.5, 0.6) is 0 Å². The van der Waals surface area contributed by atoms with Gasteiger partial charge >= 0.3 is 0 Å². The number of aryl methyl sites for hydroxylation is 3. The van der Waals surface area contributed by atoms with E-state index in [0.717, 1.165) is 22.4 Å². The topological polar surface area (TPSA) is 68.0 Å². The van der Waals surface area contributed by atoms with Gasteiger partial charge < -0.3 is 9.73 Å². The van der Waals surface area contributed by atoms with Crippen molar-refractivity contribution < 1.29 is 9.21 Å². The number of hydrogen-bond acceptors (Lipinski definition) is 5. The van der Waals surface area contributed by atoms with Gasteiger partial charge in [-0.2, -0.15) is 0 Å². The quantitative estimate of drug-likeness (QED) is 0.689. The highest BCUT2D eigenvalue weighted by atomic mass is 32.2. The van der Waals surface area contributed by atoms with Crippen molar-refractivity contribution in [3.05, 3.63) is 59.2 Å². The Labute approximate surface area is 150 Å². The average Bonchev–Trinajstić information content (AvgIpc) is 3.05. The van der Waals surface area contributed by atoms with Crippen LogP contribution < -0.4 is 5.32 Å². The van der Waals surface area contributed by atoms with Gasteiger partial charge in [-0.05, 0) is 56.2 Å². The zero-order valence-corrected chi connectivity index (χ0v) is 15.2. The Balaban J connectivity index is 1.58. The van der Waals surface area contributed by atoms with Gasteiger partial charge in [-0.25, -0.2) is 0 Å². The molecule has 0 aliphatic carbocycles. The van der Waals surface area contributed by atoms with E-state index in [9.17, 15) is 4.79 Å². The molecular formula is C19H19N3O2S. The monoisotopic (exact) mass is 353 g/mol. The van der Waals surface area contributed by atoms with Crippen LogP contribution >= 0.6 is 11.8 Å². The number of nitrogens with one attached hydrogen (secondary N) is 1. The molecule has 6 heteroatoms. The lowest BCUT2D eigenvalue weighted by atomic mass is 10.1. The fraction of sp³-hybridized carbons (Fsp3) is 0.211. The van der Waals surface area contributed by atoms with Gasteiger partial charge in [0.2, 0.25) is 11.8 Å². The first-order chi connectivity index (χ1) is 12.0. The molecule has 3 aromatic rings. The van der Waals surface area contributed by atoms with Gasteiger partial charge in [0.05, 0.1) is 5.75 Å². The Morgan fingerprint density at radius 2 is 1.92 bits per heavy atom. The second-order valence-electron chi connectivity index (χ2n) is 5.88. The average molecular weight is 353 g/mol. The zero-order valence-electron chi connectivity index (χ0n) is 14.4. The van der Waals surface area contributed by atoms with Crippen LogP contribution in [-0.2, 0) is 4.79 Å². The summed E-state index contributed by atoms with van der Waals surface area (Å²) in [6, 6.07) is 13.7. The predicted molar refractivity (Wildman–Crippen MR) is 99.7 cm³/mol. The molecular weight excluding hydrogens is 334 g/mol. The molecule has 25 heavy (non-hydrogen) atoms. The van der Waals surface area contributed by atoms with Crippen molar-refractivity contribution in [3.63, 3.8) is 0 Å². The molecule has 0 spiro atoms. The van der Waals surface area contributed by atoms with Gasteiger partial charge in [-0.1, -0.05) is 35.5 Å². The van der Waals surface area contributed by atoms with Crippen LogP contribution in [0.2, 0.25) is 0 Å². The SMILES string of the molecule is Cc1cccc(-c2nnc(SCC(=O)Nc3ccc(C)c(C)c3)o2)c1. The number of amides is 1. The number of carbonyl (C=O) groups excluding carboxylic acids is 1. The molecule has 1 heterocycles. The summed E-state index contributed by atoms with van der Waals surface area (Å²) in [7, 11) is 0. The Morgan fingerprint density at radius 1 is 1.08 bits per heavy atom. The van der Waals surface area contributed by atoms with E-state index >= 15 is 0 Å². The second-order valence-corrected chi connectivity index (χ2v) is 6.81. The normalized spacial score (nSPS) is 10.7. The lowest BCUT2D eigenvalue weighted by Crippen LogP contribution is -2.14. The minimum absolute atomic E-state index is 0.108. The highest BCUT2D eigenvalue weighted by molar-refractivity contribution is 7.99. The first-order valence-corrected chi connectivity index (χ1v) is 8.90. The Morgan fingerprint density at radius 3 is 2.68 bits per heavy atom. The molecule has 0 radical (unpaired) electrons. The van der Waals surface area contributed by atoms with E-state index in [1.54, 1.807) is 0 Å². The lowest BCUT2D eigenvalue weighted by Gasteiger charge is -2.06. The van der Waals surface area contributed by atoms with Crippen LogP contribution in [0, 0.1) is 20.8 Å². The van der Waals surface area contributed by atoms with Crippen molar-refractivity contribution in [3.8, 4) is 11.5 Å². The van der Waals surface area contributed by atoms with Crippen LogP contribution in [0.4, 0.5) is 5.69 Å². The smallest absolute Gasteiger partial charge is 0.277 e. The Hall–Kier alpha value is -2.60. The molecule has 128 valence electrons. The molecule has 5 nitrogen and oxygen atoms in total. The van der Waals surface area contributed by atoms with Gasteiger partial charge in [0.25, 0.3) is 5.22 Å². The molecule has 0 unspecified atom stereocenters. The number of anilines is 1. The van der Waals surface area contributed by atoms with Crippen LogP contribution in [0.15, 0.2) is 52.1 Å². The Bertz CT molecular complexity index is 905. The number of aromatic nitrogens is 2. The van der Waals surface area contributed by atoms with Crippen LogP contribution in [0.25, 0.3) is 11.5 Å². The zero-order chi connectivity index (χ0) is 17.8. The lowest BCUT2D eigenvalue weighted by molar-refractivity contribution is -0.113. The highest BCUT2D eigenvalue weighted by Crippen LogP contribution is 2.24. The maximum atomic E-state index is 12.1. The number of hydrogen-bond donors (Lipinski definition) is 1. The van der Waals surface area contributed by atoms with E-state index in [-0.39, 0.29) is 11.7 Å². The molecule has 1 amide bonds. The number of thioether (sulfide) groups is 1. The van der Waals surface area contributed by atoms with E-state index < -0.39 is 0 Å². The van der Waals surface area contributed by atoms with E-state index in [1.807, 2.05) is 63.2 Å². The van der Waals surface area contributed by atoms with Crippen molar-refractivity contribution in [1.82, 2.24) is 10.2 Å². The molecule has 0 aliphatic heterocycles. The van der Waals surface area contributed by atoms with Gasteiger partial charge in [-0.3, -0.25) is 4.79 Å². The van der Waals surface area contributed by atoms with Crippen LogP contribution in [0.3, 0.4) is 0 Å². The summed E-state index contributed by atoms with van der Waals surface area (Å²) in [6.45, 7) is 6.07. The molecule has 0 saturated carbocycles. The van der Waals surface area contributed by atoms with E-state index in [0.29, 0.717) is 11.1 Å². The minimum atomic E-state index is -0.108. The van der Waals surface area contributed by atoms with E-state index in [2.05, 4.69) is 15.5 Å². The molecule has 2 aromatic carbocycles. The molecule has 1 N–H and O–H groups in total. The fourth-order valence-corrected chi connectivity index (χ4v) is 2.87. The summed E-state index contributed by atoms with van der Waals surface area (Å²) in [4.78, 5) is 12.1. The molecule has 0 fully saturated rings. The third-order valence-electron chi connectivity index (χ3n) is 3.79.